The molecule has 2 nitrogen and oxygen atoms in total. The van der Waals surface area contributed by atoms with Crippen molar-refractivity contribution in [1.29, 1.82) is 0 Å². The molecule has 0 aliphatic rings. The summed E-state index contributed by atoms with van der Waals surface area (Å²) in [6.45, 7) is 6.53. The van der Waals surface area contributed by atoms with Gasteiger partial charge in [-0.1, -0.05) is 20.8 Å². The second-order valence-corrected chi connectivity index (χ2v) is 5.75. The van der Waals surface area contributed by atoms with Gasteiger partial charge in [0.1, 0.15) is 0 Å². The largest absolute Gasteiger partial charge is 0.348 e. The van der Waals surface area contributed by atoms with Crippen molar-refractivity contribution < 1.29 is 0 Å². The van der Waals surface area contributed by atoms with E-state index >= 15 is 0 Å². The summed E-state index contributed by atoms with van der Waals surface area (Å²) in [5.74, 6) is 0. The highest BCUT2D eigenvalue weighted by Crippen LogP contribution is 2.29. The third kappa shape index (κ3) is 1.81. The SMILES string of the molecule is Cn1ccc2nc(C(C)(C)C)cc(Br)c21. The Hall–Kier alpha value is -0.830. The Balaban J connectivity index is 2.74. The number of nitrogens with zero attached hydrogens (tertiary/aromatic N) is 2. The molecule has 0 amide bonds. The third-order valence-corrected chi connectivity index (χ3v) is 3.15. The van der Waals surface area contributed by atoms with Crippen molar-refractivity contribution in [1.82, 2.24) is 9.55 Å². The average molecular weight is 267 g/mol. The molecule has 2 aromatic heterocycles. The summed E-state index contributed by atoms with van der Waals surface area (Å²) < 4.78 is 3.20. The molecule has 0 bridgehead atoms. The van der Waals surface area contributed by atoms with E-state index in [2.05, 4.69) is 58.4 Å². The van der Waals surface area contributed by atoms with Crippen LogP contribution in [0.25, 0.3) is 11.0 Å². The van der Waals surface area contributed by atoms with Crippen LogP contribution in [0.5, 0.6) is 0 Å². The summed E-state index contributed by atoms with van der Waals surface area (Å²) in [7, 11) is 2.03. The molecular formula is C12H15BrN2. The lowest BCUT2D eigenvalue weighted by atomic mass is 9.91. The highest BCUT2D eigenvalue weighted by Gasteiger charge is 2.18. The first-order valence-corrected chi connectivity index (χ1v) is 5.81. The first-order chi connectivity index (χ1) is 6.89. The van der Waals surface area contributed by atoms with E-state index in [0.29, 0.717) is 0 Å². The molecule has 0 radical (unpaired) electrons. The Morgan fingerprint density at radius 1 is 1.33 bits per heavy atom. The second-order valence-electron chi connectivity index (χ2n) is 4.90. The van der Waals surface area contributed by atoms with Crippen LogP contribution in [0.3, 0.4) is 0 Å². The molecule has 0 aliphatic carbocycles. The van der Waals surface area contributed by atoms with Crippen LogP contribution in [-0.2, 0) is 12.5 Å². The molecule has 2 rings (SSSR count). The van der Waals surface area contributed by atoms with Crippen LogP contribution in [0.2, 0.25) is 0 Å². The van der Waals surface area contributed by atoms with E-state index in [9.17, 15) is 0 Å². The van der Waals surface area contributed by atoms with Crippen LogP contribution in [0, 0.1) is 0 Å². The number of halogens is 1. The molecule has 2 heterocycles. The van der Waals surface area contributed by atoms with E-state index in [1.807, 2.05) is 13.2 Å². The van der Waals surface area contributed by atoms with Gasteiger partial charge in [0.15, 0.2) is 0 Å². The van der Waals surface area contributed by atoms with Gasteiger partial charge >= 0.3 is 0 Å². The van der Waals surface area contributed by atoms with Crippen LogP contribution in [0.4, 0.5) is 0 Å². The molecule has 0 atom stereocenters. The summed E-state index contributed by atoms with van der Waals surface area (Å²) >= 11 is 3.61. The Morgan fingerprint density at radius 3 is 2.60 bits per heavy atom. The molecule has 0 saturated carbocycles. The zero-order valence-electron chi connectivity index (χ0n) is 9.50. The fourth-order valence-corrected chi connectivity index (χ4v) is 2.33. The smallest absolute Gasteiger partial charge is 0.0896 e. The highest BCUT2D eigenvalue weighted by molar-refractivity contribution is 9.10. The number of fused-ring (bicyclic) bond motifs is 1. The van der Waals surface area contributed by atoms with Crippen molar-refractivity contribution in [2.24, 2.45) is 7.05 Å². The minimum absolute atomic E-state index is 0.0898. The number of hydrogen-bond donors (Lipinski definition) is 0. The maximum Gasteiger partial charge on any atom is 0.0896 e. The molecule has 0 unspecified atom stereocenters. The molecule has 80 valence electrons. The van der Waals surface area contributed by atoms with Crippen LogP contribution in [-0.4, -0.2) is 9.55 Å². The van der Waals surface area contributed by atoms with Crippen molar-refractivity contribution in [2.75, 3.05) is 0 Å². The van der Waals surface area contributed by atoms with Gasteiger partial charge in [0.2, 0.25) is 0 Å². The minimum Gasteiger partial charge on any atom is -0.348 e. The molecule has 0 N–H and O–H groups in total. The van der Waals surface area contributed by atoms with Gasteiger partial charge in [0.25, 0.3) is 0 Å². The highest BCUT2D eigenvalue weighted by atomic mass is 79.9. The standard InChI is InChI=1S/C12H15BrN2/c1-12(2,3)10-7-8(13)11-9(14-10)5-6-15(11)4/h5-7H,1-4H3. The maximum atomic E-state index is 4.68. The van der Waals surface area contributed by atoms with Gasteiger partial charge in [-0.15, -0.1) is 0 Å². The third-order valence-electron chi connectivity index (χ3n) is 2.55. The Labute approximate surface area is 98.4 Å². The van der Waals surface area contributed by atoms with E-state index in [1.165, 1.54) is 0 Å². The van der Waals surface area contributed by atoms with Gasteiger partial charge in [-0.05, 0) is 28.1 Å². The first kappa shape index (κ1) is 10.7. The van der Waals surface area contributed by atoms with Gasteiger partial charge in [-0.2, -0.15) is 0 Å². The van der Waals surface area contributed by atoms with E-state index in [4.69, 9.17) is 0 Å². The van der Waals surface area contributed by atoms with E-state index in [0.717, 1.165) is 21.2 Å². The Morgan fingerprint density at radius 2 is 2.00 bits per heavy atom. The number of aromatic nitrogens is 2. The normalized spacial score (nSPS) is 12.3. The summed E-state index contributed by atoms with van der Waals surface area (Å²) in [5.41, 5.74) is 3.42. The number of hydrogen-bond acceptors (Lipinski definition) is 1. The molecule has 15 heavy (non-hydrogen) atoms. The lowest BCUT2D eigenvalue weighted by Gasteiger charge is -2.18. The van der Waals surface area contributed by atoms with Gasteiger partial charge < -0.3 is 4.57 Å². The zero-order chi connectivity index (χ0) is 11.2. The zero-order valence-corrected chi connectivity index (χ0v) is 11.1. The van der Waals surface area contributed by atoms with Gasteiger partial charge in [-0.25, -0.2) is 0 Å². The Bertz CT molecular complexity index is 506. The number of rotatable bonds is 0. The van der Waals surface area contributed by atoms with Gasteiger partial charge in [0, 0.05) is 28.8 Å². The molecule has 0 fully saturated rings. The van der Waals surface area contributed by atoms with Crippen molar-refractivity contribution in [3.8, 4) is 0 Å². The predicted octanol–water partition coefficient (Wildman–Crippen LogP) is 3.63. The van der Waals surface area contributed by atoms with Crippen LogP contribution < -0.4 is 0 Å². The van der Waals surface area contributed by atoms with Crippen molar-refractivity contribution >= 4 is 27.0 Å². The Kier molecular flexibility index (Phi) is 2.38. The fourth-order valence-electron chi connectivity index (χ4n) is 1.63. The van der Waals surface area contributed by atoms with Crippen LogP contribution in [0.1, 0.15) is 26.5 Å². The summed E-state index contributed by atoms with van der Waals surface area (Å²) in [6.07, 6.45) is 2.04. The quantitative estimate of drug-likeness (QED) is 0.712. The summed E-state index contributed by atoms with van der Waals surface area (Å²) in [6, 6.07) is 4.16. The minimum atomic E-state index is 0.0898. The molecule has 0 aliphatic heterocycles. The second kappa shape index (κ2) is 3.34. The maximum absolute atomic E-state index is 4.68. The summed E-state index contributed by atoms with van der Waals surface area (Å²) in [5, 5.41) is 0. The van der Waals surface area contributed by atoms with Crippen molar-refractivity contribution in [2.45, 2.75) is 26.2 Å². The fraction of sp³-hybridized carbons (Fsp3) is 0.417. The van der Waals surface area contributed by atoms with E-state index in [-0.39, 0.29) is 5.41 Å². The van der Waals surface area contributed by atoms with E-state index < -0.39 is 0 Å². The van der Waals surface area contributed by atoms with Gasteiger partial charge in [-0.3, -0.25) is 4.98 Å². The summed E-state index contributed by atoms with van der Waals surface area (Å²) in [4.78, 5) is 4.68. The first-order valence-electron chi connectivity index (χ1n) is 5.01. The molecule has 0 aromatic carbocycles. The lowest BCUT2D eigenvalue weighted by molar-refractivity contribution is 0.571. The molecule has 0 spiro atoms. The van der Waals surface area contributed by atoms with Gasteiger partial charge in [0.05, 0.1) is 11.0 Å². The van der Waals surface area contributed by atoms with E-state index in [1.54, 1.807) is 0 Å². The van der Waals surface area contributed by atoms with Crippen molar-refractivity contribution in [3.63, 3.8) is 0 Å². The molecule has 3 heteroatoms. The molecule has 0 saturated heterocycles. The van der Waals surface area contributed by atoms with Crippen molar-refractivity contribution in [3.05, 3.63) is 28.5 Å². The average Bonchev–Trinajstić information content (AvgIpc) is 2.46. The molecular weight excluding hydrogens is 252 g/mol. The number of aryl methyl sites for hydroxylation is 1. The lowest BCUT2D eigenvalue weighted by Crippen LogP contribution is -2.13. The van der Waals surface area contributed by atoms with Crippen LogP contribution in [0.15, 0.2) is 22.8 Å². The van der Waals surface area contributed by atoms with Crippen LogP contribution >= 0.6 is 15.9 Å². The molecule has 2 aromatic rings. The monoisotopic (exact) mass is 266 g/mol. The predicted molar refractivity (Wildman–Crippen MR) is 67.1 cm³/mol. The number of pyridine rings is 1. The topological polar surface area (TPSA) is 17.8 Å².